The normalized spacial score (nSPS) is 15.9. The Labute approximate surface area is 151 Å². The molecule has 5 nitrogen and oxygen atoms in total. The number of rotatable bonds is 3. The summed E-state index contributed by atoms with van der Waals surface area (Å²) in [6.45, 7) is 2.44. The zero-order valence-corrected chi connectivity index (χ0v) is 14.9. The van der Waals surface area contributed by atoms with E-state index in [4.69, 9.17) is 9.15 Å². The Morgan fingerprint density at radius 2 is 2.04 bits per heavy atom. The summed E-state index contributed by atoms with van der Waals surface area (Å²) in [6.07, 6.45) is 0. The van der Waals surface area contributed by atoms with Crippen LogP contribution in [-0.4, -0.2) is 12.5 Å². The number of benzene rings is 2. The van der Waals surface area contributed by atoms with Gasteiger partial charge in [-0.2, -0.15) is 0 Å². The molecule has 1 amide bonds. The van der Waals surface area contributed by atoms with Crippen LogP contribution in [0.1, 0.15) is 34.6 Å². The molecule has 1 aliphatic rings. The fourth-order valence-electron chi connectivity index (χ4n) is 3.08. The molecule has 2 aromatic carbocycles. The first-order chi connectivity index (χ1) is 12.1. The van der Waals surface area contributed by atoms with Crippen LogP contribution in [0.25, 0.3) is 11.0 Å². The van der Waals surface area contributed by atoms with Gasteiger partial charge in [-0.3, -0.25) is 9.59 Å². The lowest BCUT2D eigenvalue weighted by atomic mass is 9.99. The smallest absolute Gasteiger partial charge is 0.288 e. The van der Waals surface area contributed by atoms with Crippen molar-refractivity contribution in [2.75, 3.05) is 6.61 Å². The minimum Gasteiger partial charge on any atom is -0.494 e. The van der Waals surface area contributed by atoms with Crippen molar-refractivity contribution in [3.05, 3.63) is 74.0 Å². The van der Waals surface area contributed by atoms with Gasteiger partial charge in [-0.25, -0.2) is 0 Å². The van der Waals surface area contributed by atoms with E-state index in [1.165, 1.54) is 0 Å². The van der Waals surface area contributed by atoms with Crippen LogP contribution < -0.4 is 15.5 Å². The van der Waals surface area contributed by atoms with Crippen molar-refractivity contribution in [1.29, 1.82) is 0 Å². The molecule has 0 aliphatic carbocycles. The monoisotopic (exact) mass is 399 g/mol. The van der Waals surface area contributed by atoms with E-state index in [-0.39, 0.29) is 17.1 Å². The Hall–Kier alpha value is -2.60. The molecule has 0 spiro atoms. The first-order valence-corrected chi connectivity index (χ1v) is 8.67. The minimum absolute atomic E-state index is 0.0756. The first kappa shape index (κ1) is 15.9. The molecule has 0 bridgehead atoms. The average Bonchev–Trinajstić information content (AvgIpc) is 2.93. The van der Waals surface area contributed by atoms with Crippen LogP contribution in [0.3, 0.4) is 0 Å². The fourth-order valence-corrected chi connectivity index (χ4v) is 3.44. The van der Waals surface area contributed by atoms with Crippen molar-refractivity contribution in [2.24, 2.45) is 0 Å². The van der Waals surface area contributed by atoms with Gasteiger partial charge in [0.15, 0.2) is 5.43 Å². The molecule has 126 valence electrons. The van der Waals surface area contributed by atoms with Crippen LogP contribution in [-0.2, 0) is 0 Å². The highest BCUT2D eigenvalue weighted by molar-refractivity contribution is 9.10. The number of hydrogen-bond acceptors (Lipinski definition) is 4. The lowest BCUT2D eigenvalue weighted by Gasteiger charge is -2.13. The highest BCUT2D eigenvalue weighted by Gasteiger charge is 2.36. The zero-order chi connectivity index (χ0) is 17.6. The molecule has 3 aromatic rings. The van der Waals surface area contributed by atoms with Crippen molar-refractivity contribution in [3.8, 4) is 5.75 Å². The average molecular weight is 400 g/mol. The Morgan fingerprint density at radius 1 is 1.20 bits per heavy atom. The van der Waals surface area contributed by atoms with Crippen molar-refractivity contribution in [3.63, 3.8) is 0 Å². The first-order valence-electron chi connectivity index (χ1n) is 7.88. The summed E-state index contributed by atoms with van der Waals surface area (Å²) in [4.78, 5) is 25.3. The molecular formula is C19H14BrNO4. The minimum atomic E-state index is -0.553. The predicted octanol–water partition coefficient (Wildman–Crippen LogP) is 3.79. The second-order valence-corrected chi connectivity index (χ2v) is 6.64. The van der Waals surface area contributed by atoms with Crippen LogP contribution in [0.15, 0.2) is 56.1 Å². The van der Waals surface area contributed by atoms with Crippen molar-refractivity contribution >= 4 is 32.8 Å². The van der Waals surface area contributed by atoms with Crippen molar-refractivity contribution < 1.29 is 13.9 Å². The molecule has 4 rings (SSSR count). The molecule has 0 fully saturated rings. The third-order valence-electron chi connectivity index (χ3n) is 4.16. The van der Waals surface area contributed by atoms with Gasteiger partial charge in [0, 0.05) is 4.47 Å². The highest BCUT2D eigenvalue weighted by atomic mass is 79.9. The Kier molecular flexibility index (Phi) is 3.84. The number of carbonyl (C=O) groups is 1. The summed E-state index contributed by atoms with van der Waals surface area (Å²) >= 11 is 3.37. The molecule has 0 saturated heterocycles. The summed E-state index contributed by atoms with van der Waals surface area (Å²) in [5, 5.41) is 3.28. The molecule has 6 heteroatoms. The fraction of sp³-hybridized carbons (Fsp3) is 0.158. The lowest BCUT2D eigenvalue weighted by Crippen LogP contribution is -2.22. The summed E-state index contributed by atoms with van der Waals surface area (Å²) in [6, 6.07) is 12.0. The van der Waals surface area contributed by atoms with E-state index >= 15 is 0 Å². The highest BCUT2D eigenvalue weighted by Crippen LogP contribution is 2.32. The quantitative estimate of drug-likeness (QED) is 0.727. The second-order valence-electron chi connectivity index (χ2n) is 5.73. The molecule has 1 atom stereocenters. The third-order valence-corrected chi connectivity index (χ3v) is 4.65. The molecule has 25 heavy (non-hydrogen) atoms. The summed E-state index contributed by atoms with van der Waals surface area (Å²) in [5.41, 5.74) is 1.30. The van der Waals surface area contributed by atoms with Gasteiger partial charge in [0.25, 0.3) is 5.91 Å². The van der Waals surface area contributed by atoms with Crippen LogP contribution >= 0.6 is 15.9 Å². The standard InChI is InChI=1S/C19H14BrNO4/c1-2-24-12-5-3-4-10(8-12)16-15-17(22)13-9-11(20)6-7-14(13)25-18(15)19(23)21-16/h3-9,16H,2H2,1H3,(H,21,23). The zero-order valence-electron chi connectivity index (χ0n) is 13.3. The number of hydrogen-bond donors (Lipinski definition) is 1. The number of amides is 1. The largest absolute Gasteiger partial charge is 0.494 e. The van der Waals surface area contributed by atoms with Crippen LogP contribution in [0.4, 0.5) is 0 Å². The van der Waals surface area contributed by atoms with Gasteiger partial charge in [0.2, 0.25) is 5.76 Å². The van der Waals surface area contributed by atoms with Gasteiger partial charge in [-0.15, -0.1) is 0 Å². The topological polar surface area (TPSA) is 68.5 Å². The number of carbonyl (C=O) groups excluding carboxylic acids is 1. The number of fused-ring (bicyclic) bond motifs is 2. The van der Waals surface area contributed by atoms with E-state index in [0.29, 0.717) is 28.9 Å². The molecule has 0 saturated carbocycles. The molecule has 1 aromatic heterocycles. The van der Waals surface area contributed by atoms with E-state index in [2.05, 4.69) is 21.2 Å². The maximum atomic E-state index is 13.0. The van der Waals surface area contributed by atoms with Gasteiger partial charge in [-0.05, 0) is 42.8 Å². The Balaban J connectivity index is 1.92. The van der Waals surface area contributed by atoms with Crippen LogP contribution in [0, 0.1) is 0 Å². The third kappa shape index (κ3) is 2.62. The van der Waals surface area contributed by atoms with E-state index in [0.717, 1.165) is 10.0 Å². The molecule has 0 radical (unpaired) electrons. The maximum Gasteiger partial charge on any atom is 0.288 e. The van der Waals surface area contributed by atoms with Gasteiger partial charge in [-0.1, -0.05) is 28.1 Å². The summed E-state index contributed by atoms with van der Waals surface area (Å²) < 4.78 is 12.0. The van der Waals surface area contributed by atoms with Crippen molar-refractivity contribution in [1.82, 2.24) is 5.32 Å². The second kappa shape index (κ2) is 6.04. The maximum absolute atomic E-state index is 13.0. The Bertz CT molecular complexity index is 1060. The van der Waals surface area contributed by atoms with Gasteiger partial charge >= 0.3 is 0 Å². The van der Waals surface area contributed by atoms with Crippen molar-refractivity contribution in [2.45, 2.75) is 13.0 Å². The van der Waals surface area contributed by atoms with Gasteiger partial charge < -0.3 is 14.5 Å². The van der Waals surface area contributed by atoms with Gasteiger partial charge in [0.05, 0.1) is 23.6 Å². The summed E-state index contributed by atoms with van der Waals surface area (Å²) in [5.74, 6) is 0.381. The number of ether oxygens (including phenoxy) is 1. The van der Waals surface area contributed by atoms with E-state index < -0.39 is 6.04 Å². The summed E-state index contributed by atoms with van der Waals surface area (Å²) in [7, 11) is 0. The van der Waals surface area contributed by atoms with E-state index in [1.54, 1.807) is 18.2 Å². The molecule has 1 unspecified atom stereocenters. The van der Waals surface area contributed by atoms with Gasteiger partial charge in [0.1, 0.15) is 11.3 Å². The van der Waals surface area contributed by atoms with Crippen LogP contribution in [0.5, 0.6) is 5.75 Å². The SMILES string of the molecule is CCOc1cccc(C2NC(=O)c3oc4ccc(Br)cc4c(=O)c32)c1. The van der Waals surface area contributed by atoms with Crippen LogP contribution in [0.2, 0.25) is 0 Å². The number of nitrogens with one attached hydrogen (secondary N) is 1. The lowest BCUT2D eigenvalue weighted by molar-refractivity contribution is 0.0938. The van der Waals surface area contributed by atoms with E-state index in [9.17, 15) is 9.59 Å². The molecule has 1 aliphatic heterocycles. The Morgan fingerprint density at radius 3 is 2.84 bits per heavy atom. The number of halogens is 1. The molecule has 2 heterocycles. The van der Waals surface area contributed by atoms with E-state index in [1.807, 2.05) is 31.2 Å². The predicted molar refractivity (Wildman–Crippen MR) is 97.1 cm³/mol. The molecule has 1 N–H and O–H groups in total. The molecular weight excluding hydrogens is 386 g/mol.